The van der Waals surface area contributed by atoms with Gasteiger partial charge in [0.05, 0.1) is 6.54 Å². The van der Waals surface area contributed by atoms with Crippen molar-refractivity contribution in [2.45, 2.75) is 13.0 Å². The van der Waals surface area contributed by atoms with Gasteiger partial charge in [0.25, 0.3) is 5.90 Å². The highest BCUT2D eigenvalue weighted by Crippen LogP contribution is 2.19. The maximum absolute atomic E-state index is 13.7. The van der Waals surface area contributed by atoms with Crippen molar-refractivity contribution in [2.24, 2.45) is 9.98 Å². The molecule has 3 nitrogen and oxygen atoms in total. The van der Waals surface area contributed by atoms with Crippen LogP contribution in [0.1, 0.15) is 11.1 Å². The van der Waals surface area contributed by atoms with Gasteiger partial charge in [0.2, 0.25) is 0 Å². The Morgan fingerprint density at radius 3 is 2.65 bits per heavy atom. The van der Waals surface area contributed by atoms with E-state index in [4.69, 9.17) is 4.74 Å². The Hall–Kier alpha value is -2.33. The molecule has 0 aliphatic carbocycles. The summed E-state index contributed by atoms with van der Waals surface area (Å²) >= 11 is 0. The number of rotatable bonds is 5. The Morgan fingerprint density at radius 2 is 2.15 bits per heavy atom. The second-order valence-corrected chi connectivity index (χ2v) is 3.67. The Morgan fingerprint density at radius 1 is 1.45 bits per heavy atom. The monoisotopic (exact) mass is 282 g/mol. The number of alkyl halides is 2. The van der Waals surface area contributed by atoms with Crippen LogP contribution >= 0.6 is 0 Å². The second-order valence-electron chi connectivity index (χ2n) is 3.67. The van der Waals surface area contributed by atoms with Gasteiger partial charge in [-0.1, -0.05) is 18.7 Å². The lowest BCUT2D eigenvalue weighted by Gasteiger charge is -2.11. The molecule has 0 atom stereocenters. The first-order valence-electron chi connectivity index (χ1n) is 5.58. The fourth-order valence-corrected chi connectivity index (χ4v) is 1.36. The zero-order valence-corrected chi connectivity index (χ0v) is 10.9. The van der Waals surface area contributed by atoms with Gasteiger partial charge in [-0.25, -0.2) is 9.38 Å². The Balaban J connectivity index is 2.90. The molecule has 6 heteroatoms. The Labute approximate surface area is 114 Å². The largest absolute Gasteiger partial charge is 0.438 e. The first kappa shape index (κ1) is 15.7. The molecule has 0 aliphatic heterocycles. The molecule has 0 saturated heterocycles. The van der Waals surface area contributed by atoms with E-state index in [0.717, 1.165) is 6.07 Å². The van der Waals surface area contributed by atoms with Crippen molar-refractivity contribution in [3.63, 3.8) is 0 Å². The third kappa shape index (κ3) is 4.10. The van der Waals surface area contributed by atoms with Gasteiger partial charge in [-0.15, -0.1) is 0 Å². The zero-order chi connectivity index (χ0) is 15.1. The van der Waals surface area contributed by atoms with Crippen molar-refractivity contribution in [3.8, 4) is 0 Å². The Bertz CT molecular complexity index is 576. The zero-order valence-electron chi connectivity index (χ0n) is 10.9. The number of ether oxygens (including phenoxy) is 1. The van der Waals surface area contributed by atoms with Crippen LogP contribution in [0.3, 0.4) is 0 Å². The summed E-state index contributed by atoms with van der Waals surface area (Å²) in [6.45, 7) is 6.86. The summed E-state index contributed by atoms with van der Waals surface area (Å²) in [7, 11) is 1.17. The van der Waals surface area contributed by atoms with E-state index in [-0.39, 0.29) is 17.9 Å². The summed E-state index contributed by atoms with van der Waals surface area (Å²) in [6.07, 6.45) is -2.86. The van der Waals surface area contributed by atoms with Crippen LogP contribution in [0.2, 0.25) is 0 Å². The van der Waals surface area contributed by atoms with Crippen molar-refractivity contribution in [2.75, 3.05) is 7.05 Å². The van der Waals surface area contributed by atoms with Crippen LogP contribution in [-0.4, -0.2) is 25.2 Å². The molecule has 0 aliphatic rings. The molecule has 0 aromatic heterocycles. The van der Waals surface area contributed by atoms with Gasteiger partial charge in [0.15, 0.2) is 0 Å². The molecular formula is C14H13F3N2O. The summed E-state index contributed by atoms with van der Waals surface area (Å²) in [5.41, 5.74) is 0.576. The van der Waals surface area contributed by atoms with Gasteiger partial charge >= 0.3 is 6.43 Å². The molecule has 0 saturated carbocycles. The number of aliphatic imine (C=N–C) groups is 2. The molecular weight excluding hydrogens is 269 g/mol. The van der Waals surface area contributed by atoms with E-state index in [2.05, 4.69) is 29.0 Å². The number of hydrogen-bond donors (Lipinski definition) is 0. The van der Waals surface area contributed by atoms with Crippen molar-refractivity contribution in [1.82, 2.24) is 0 Å². The van der Waals surface area contributed by atoms with Crippen LogP contribution in [0.15, 0.2) is 41.3 Å². The molecule has 0 heterocycles. The van der Waals surface area contributed by atoms with E-state index in [9.17, 15) is 13.2 Å². The molecule has 0 N–H and O–H groups in total. The van der Waals surface area contributed by atoms with Crippen molar-refractivity contribution in [3.05, 3.63) is 48.3 Å². The van der Waals surface area contributed by atoms with E-state index >= 15 is 0 Å². The molecule has 20 heavy (non-hydrogen) atoms. The lowest BCUT2D eigenvalue weighted by molar-refractivity contribution is 0.196. The fourth-order valence-electron chi connectivity index (χ4n) is 1.36. The summed E-state index contributed by atoms with van der Waals surface area (Å²) in [4.78, 5) is 6.98. The molecule has 0 unspecified atom stereocenters. The molecule has 0 radical (unpaired) electrons. The second kappa shape index (κ2) is 7.31. The first-order valence-corrected chi connectivity index (χ1v) is 5.58. The van der Waals surface area contributed by atoms with Crippen molar-refractivity contribution < 1.29 is 17.9 Å². The summed E-state index contributed by atoms with van der Waals surface area (Å²) in [5.74, 6) is 0.875. The SMILES string of the molecule is C=C=NCc1ccc(C(=C)OC(=NC)C(F)F)cc1F. The molecule has 106 valence electrons. The maximum Gasteiger partial charge on any atom is 0.312 e. The lowest BCUT2D eigenvalue weighted by Crippen LogP contribution is -2.14. The highest BCUT2D eigenvalue weighted by molar-refractivity contribution is 5.84. The van der Waals surface area contributed by atoms with Crippen LogP contribution in [0.5, 0.6) is 0 Å². The summed E-state index contributed by atoms with van der Waals surface area (Å²) in [5, 5.41) is 0. The average molecular weight is 282 g/mol. The quantitative estimate of drug-likeness (QED) is 0.462. The summed E-state index contributed by atoms with van der Waals surface area (Å²) < 4.78 is 43.5. The normalized spacial score (nSPS) is 11.2. The van der Waals surface area contributed by atoms with Gasteiger partial charge in [-0.2, -0.15) is 8.78 Å². The van der Waals surface area contributed by atoms with Crippen molar-refractivity contribution >= 4 is 17.5 Å². The van der Waals surface area contributed by atoms with E-state index in [1.807, 2.05) is 0 Å². The minimum absolute atomic E-state index is 0.0989. The minimum Gasteiger partial charge on any atom is -0.438 e. The molecule has 0 spiro atoms. The molecule has 1 aromatic rings. The topological polar surface area (TPSA) is 34.0 Å². The number of nitrogens with zero attached hydrogens (tertiary/aromatic N) is 2. The first-order chi connectivity index (χ1) is 9.49. The Kier molecular flexibility index (Phi) is 5.74. The van der Waals surface area contributed by atoms with Gasteiger partial charge in [0.1, 0.15) is 11.6 Å². The standard InChI is InChI=1S/C14H13F3N2O/c1-4-19-8-11-6-5-10(7-12(11)15)9(2)20-14(18-3)13(16)17/h5-7,13H,1-2,8H2,3H3. The van der Waals surface area contributed by atoms with E-state index in [1.54, 1.807) is 0 Å². The van der Waals surface area contributed by atoms with Gasteiger partial charge in [-0.3, -0.25) is 4.99 Å². The number of halogens is 3. The predicted octanol–water partition coefficient (Wildman–Crippen LogP) is 3.46. The van der Waals surface area contributed by atoms with Crippen LogP contribution in [-0.2, 0) is 11.3 Å². The lowest BCUT2D eigenvalue weighted by atomic mass is 10.1. The molecule has 0 amide bonds. The van der Waals surface area contributed by atoms with E-state index in [0.29, 0.717) is 5.56 Å². The maximum atomic E-state index is 13.7. The highest BCUT2D eigenvalue weighted by Gasteiger charge is 2.16. The van der Waals surface area contributed by atoms with Gasteiger partial charge in [-0.05, 0) is 18.5 Å². The van der Waals surface area contributed by atoms with E-state index in [1.165, 1.54) is 19.2 Å². The van der Waals surface area contributed by atoms with Gasteiger partial charge in [0, 0.05) is 18.2 Å². The molecule has 0 bridgehead atoms. The van der Waals surface area contributed by atoms with Crippen LogP contribution in [0.25, 0.3) is 5.76 Å². The van der Waals surface area contributed by atoms with Crippen LogP contribution in [0, 0.1) is 5.82 Å². The van der Waals surface area contributed by atoms with Gasteiger partial charge < -0.3 is 4.74 Å². The average Bonchev–Trinajstić information content (AvgIpc) is 2.42. The van der Waals surface area contributed by atoms with Crippen molar-refractivity contribution in [1.29, 1.82) is 0 Å². The predicted molar refractivity (Wildman–Crippen MR) is 72.6 cm³/mol. The third-order valence-corrected chi connectivity index (χ3v) is 2.37. The van der Waals surface area contributed by atoms with Crippen LogP contribution in [0.4, 0.5) is 13.2 Å². The minimum atomic E-state index is -2.86. The highest BCUT2D eigenvalue weighted by atomic mass is 19.3. The third-order valence-electron chi connectivity index (χ3n) is 2.37. The number of hydrogen-bond acceptors (Lipinski definition) is 3. The number of benzene rings is 1. The van der Waals surface area contributed by atoms with E-state index < -0.39 is 18.1 Å². The van der Waals surface area contributed by atoms with Crippen LogP contribution < -0.4 is 0 Å². The summed E-state index contributed by atoms with van der Waals surface area (Å²) in [6, 6.07) is 4.10. The smallest absolute Gasteiger partial charge is 0.312 e. The molecule has 1 rings (SSSR count). The molecule has 1 aromatic carbocycles. The molecule has 0 fully saturated rings. The fraction of sp³-hybridized carbons (Fsp3) is 0.214.